The fourth-order valence-corrected chi connectivity index (χ4v) is 5.44. The van der Waals surface area contributed by atoms with E-state index in [2.05, 4.69) is 15.6 Å². The van der Waals surface area contributed by atoms with Gasteiger partial charge in [0.25, 0.3) is 5.91 Å². The van der Waals surface area contributed by atoms with E-state index in [9.17, 15) is 46.1 Å². The summed E-state index contributed by atoms with van der Waals surface area (Å²) in [4.78, 5) is 28.3. The topological polar surface area (TPSA) is 126 Å². The van der Waals surface area contributed by atoms with Gasteiger partial charge in [-0.1, -0.05) is 6.07 Å². The molecule has 2 aliphatic rings. The van der Waals surface area contributed by atoms with Gasteiger partial charge in [-0.15, -0.1) is 0 Å². The molecule has 2 saturated carbocycles. The Morgan fingerprint density at radius 2 is 1.74 bits per heavy atom. The predicted octanol–water partition coefficient (Wildman–Crippen LogP) is 5.94. The van der Waals surface area contributed by atoms with E-state index in [1.54, 1.807) is 0 Å². The van der Waals surface area contributed by atoms with Gasteiger partial charge >= 0.3 is 18.3 Å². The highest BCUT2D eigenvalue weighted by Gasteiger charge is 2.48. The Morgan fingerprint density at radius 1 is 1.07 bits per heavy atom. The first-order chi connectivity index (χ1) is 20.1. The molecule has 0 spiro atoms. The van der Waals surface area contributed by atoms with Gasteiger partial charge in [0.15, 0.2) is 0 Å². The lowest BCUT2D eigenvalue weighted by atomic mass is 9.85. The van der Waals surface area contributed by atoms with Crippen molar-refractivity contribution in [1.82, 2.24) is 14.9 Å². The number of aromatic nitrogens is 2. The van der Waals surface area contributed by atoms with Crippen LogP contribution in [0.4, 0.5) is 38.0 Å². The monoisotopic (exact) mass is 614 g/mol. The summed E-state index contributed by atoms with van der Waals surface area (Å²) >= 11 is 0. The summed E-state index contributed by atoms with van der Waals surface area (Å²) in [5, 5.41) is 24.8. The van der Waals surface area contributed by atoms with E-state index in [1.165, 1.54) is 29.9 Å². The maximum Gasteiger partial charge on any atom is 0.418 e. The number of aromatic carboxylic acids is 1. The van der Waals surface area contributed by atoms with E-state index < -0.39 is 53.0 Å². The molecule has 0 aliphatic heterocycles. The normalized spacial score (nSPS) is 20.1. The van der Waals surface area contributed by atoms with Crippen LogP contribution in [0.2, 0.25) is 0 Å². The van der Waals surface area contributed by atoms with Gasteiger partial charge in [0.1, 0.15) is 16.9 Å². The molecule has 2 fully saturated rings. The van der Waals surface area contributed by atoms with Crippen LogP contribution in [0.15, 0.2) is 30.3 Å². The van der Waals surface area contributed by atoms with Crippen molar-refractivity contribution in [2.75, 3.05) is 12.4 Å². The average molecular weight is 615 g/mol. The fourth-order valence-electron chi connectivity index (χ4n) is 5.44. The van der Waals surface area contributed by atoms with Crippen molar-refractivity contribution < 1.29 is 50.9 Å². The molecule has 2 aliphatic carbocycles. The molecule has 1 aromatic heterocycles. The number of anilines is 2. The molecule has 232 valence electrons. The lowest BCUT2D eigenvalue weighted by Gasteiger charge is -2.32. The molecule has 1 amide bonds. The molecule has 0 atom stereocenters. The Morgan fingerprint density at radius 3 is 2.30 bits per heavy atom. The second kappa shape index (κ2) is 10.9. The molecular formula is C28H28F6N4O5. The first-order valence-corrected chi connectivity index (χ1v) is 13.5. The van der Waals surface area contributed by atoms with Crippen LogP contribution in [0.5, 0.6) is 5.75 Å². The van der Waals surface area contributed by atoms with Gasteiger partial charge in [-0.3, -0.25) is 4.79 Å². The third-order valence-corrected chi connectivity index (χ3v) is 8.00. The van der Waals surface area contributed by atoms with E-state index in [4.69, 9.17) is 4.74 Å². The van der Waals surface area contributed by atoms with E-state index in [0.29, 0.717) is 0 Å². The van der Waals surface area contributed by atoms with Crippen LogP contribution >= 0.6 is 0 Å². The summed E-state index contributed by atoms with van der Waals surface area (Å²) in [5.41, 5.74) is -2.59. The number of hydrogen-bond acceptors (Lipinski definition) is 6. The first kappa shape index (κ1) is 30.4. The summed E-state index contributed by atoms with van der Waals surface area (Å²) in [6.07, 6.45) is -8.92. The second-order valence-corrected chi connectivity index (χ2v) is 10.9. The molecule has 0 saturated heterocycles. The molecular weight excluding hydrogens is 586 g/mol. The molecule has 2 aromatic carbocycles. The minimum Gasteiger partial charge on any atom is -0.496 e. The van der Waals surface area contributed by atoms with E-state index in [-0.39, 0.29) is 78.9 Å². The zero-order chi connectivity index (χ0) is 31.3. The molecule has 4 N–H and O–H groups in total. The van der Waals surface area contributed by atoms with Crippen LogP contribution in [0, 0.1) is 5.92 Å². The number of amides is 1. The summed E-state index contributed by atoms with van der Waals surface area (Å²) < 4.78 is 89.0. The number of halogens is 6. The van der Waals surface area contributed by atoms with Crippen LogP contribution in [-0.2, 0) is 17.5 Å². The second-order valence-electron chi connectivity index (χ2n) is 10.9. The number of methoxy groups -OCH3 is 1. The molecule has 0 unspecified atom stereocenters. The highest BCUT2D eigenvalue weighted by atomic mass is 19.4. The third-order valence-electron chi connectivity index (χ3n) is 8.00. The van der Waals surface area contributed by atoms with E-state index >= 15 is 0 Å². The lowest BCUT2D eigenvalue weighted by molar-refractivity contribution is -0.183. The first-order valence-electron chi connectivity index (χ1n) is 13.5. The fraction of sp³-hybridized carbons (Fsp3) is 0.464. The number of benzene rings is 2. The van der Waals surface area contributed by atoms with Crippen LogP contribution in [0.25, 0.3) is 11.0 Å². The van der Waals surface area contributed by atoms with Crippen molar-refractivity contribution in [3.8, 4) is 5.75 Å². The molecule has 0 radical (unpaired) electrons. The van der Waals surface area contributed by atoms with Gasteiger partial charge in [-0.05, 0) is 62.3 Å². The van der Waals surface area contributed by atoms with Crippen molar-refractivity contribution in [2.24, 2.45) is 5.92 Å². The number of imidazole rings is 1. The van der Waals surface area contributed by atoms with Gasteiger partial charge < -0.3 is 30.2 Å². The maximum absolute atomic E-state index is 14.1. The molecule has 9 nitrogen and oxygen atoms in total. The van der Waals surface area contributed by atoms with Gasteiger partial charge in [0.2, 0.25) is 5.95 Å². The number of aliphatic hydroxyl groups is 1. The highest BCUT2D eigenvalue weighted by molar-refractivity contribution is 5.96. The van der Waals surface area contributed by atoms with Crippen molar-refractivity contribution in [3.05, 3.63) is 47.0 Å². The van der Waals surface area contributed by atoms with Crippen LogP contribution in [0.1, 0.15) is 66.1 Å². The van der Waals surface area contributed by atoms with Gasteiger partial charge in [-0.2, -0.15) is 26.3 Å². The van der Waals surface area contributed by atoms with Crippen molar-refractivity contribution in [1.29, 1.82) is 0 Å². The Kier molecular flexibility index (Phi) is 7.73. The van der Waals surface area contributed by atoms with Crippen LogP contribution < -0.4 is 15.4 Å². The van der Waals surface area contributed by atoms with Crippen molar-refractivity contribution >= 4 is 34.5 Å². The molecule has 3 aromatic rings. The summed E-state index contributed by atoms with van der Waals surface area (Å²) in [7, 11) is 1.24. The Bertz CT molecular complexity index is 1560. The number of rotatable bonds is 8. The number of fused-ring (bicyclic) bond motifs is 1. The van der Waals surface area contributed by atoms with Crippen molar-refractivity contribution in [2.45, 2.75) is 69.1 Å². The number of alkyl halides is 6. The number of nitrogens with zero attached hydrogens (tertiary/aromatic N) is 2. The maximum atomic E-state index is 14.1. The lowest BCUT2D eigenvalue weighted by Crippen LogP contribution is -2.35. The number of hydrogen-bond donors (Lipinski definition) is 4. The number of carboxylic acids is 1. The van der Waals surface area contributed by atoms with E-state index in [1.807, 2.05) is 0 Å². The number of ether oxygens (including phenoxy) is 1. The Hall–Kier alpha value is -4.01. The minimum atomic E-state index is -4.81. The van der Waals surface area contributed by atoms with E-state index in [0.717, 1.165) is 12.1 Å². The molecule has 5 rings (SSSR count). The quantitative estimate of drug-likeness (QED) is 0.232. The summed E-state index contributed by atoms with van der Waals surface area (Å²) in [6, 6.07) is 5.11. The molecule has 43 heavy (non-hydrogen) atoms. The summed E-state index contributed by atoms with van der Waals surface area (Å²) in [5.74, 6) is -3.67. The highest BCUT2D eigenvalue weighted by Crippen LogP contribution is 2.45. The molecule has 15 heteroatoms. The minimum absolute atomic E-state index is 0.0500. The molecule has 0 bridgehead atoms. The third kappa shape index (κ3) is 6.21. The standard InChI is InChI=1S/C28H28F6N4O5/c1-43-22-12-21-20(11-17(22)23(39)40)37-25(38(21)16-5-3-15(4-6-16)27(29,30)31)36-19-10-14(2-7-18(19)28(32,33)34)13-35-24(41)26(42)8-9-26/h2,7,10-12,15-16,42H,3-6,8-9,13H2,1H3,(H,35,41)(H,36,37)(H,39,40)/t15-,16-. The number of carboxylic acid groups (broad SMARTS) is 1. The number of nitrogens with one attached hydrogen (secondary N) is 2. The SMILES string of the molecule is COc1cc2c(cc1C(=O)O)nc(Nc1cc(CNC(=O)C3(O)CC3)ccc1C(F)(F)F)n2[C@H]1CC[C@H](C(F)(F)F)CC1. The smallest absolute Gasteiger partial charge is 0.418 e. The molecule has 1 heterocycles. The van der Waals surface area contributed by atoms with Crippen LogP contribution in [-0.4, -0.2) is 50.5 Å². The Labute approximate surface area is 240 Å². The van der Waals surface area contributed by atoms with Gasteiger partial charge in [0.05, 0.1) is 35.3 Å². The zero-order valence-corrected chi connectivity index (χ0v) is 22.8. The van der Waals surface area contributed by atoms with Gasteiger partial charge in [0, 0.05) is 18.7 Å². The van der Waals surface area contributed by atoms with Crippen molar-refractivity contribution in [3.63, 3.8) is 0 Å². The summed E-state index contributed by atoms with van der Waals surface area (Å²) in [6.45, 7) is -0.176. The number of carbonyl (C=O) groups excluding carboxylic acids is 1. The average Bonchev–Trinajstić information content (AvgIpc) is 3.60. The largest absolute Gasteiger partial charge is 0.496 e. The van der Waals surface area contributed by atoms with Crippen LogP contribution in [0.3, 0.4) is 0 Å². The Balaban J connectivity index is 1.56. The predicted molar refractivity (Wildman–Crippen MR) is 141 cm³/mol. The zero-order valence-electron chi connectivity index (χ0n) is 22.8. The number of carbonyl (C=O) groups is 2. The van der Waals surface area contributed by atoms with Gasteiger partial charge in [-0.25, -0.2) is 9.78 Å².